The molecular weight excluding hydrogens is 193 g/mol. The molecule has 8 heavy (non-hydrogen) atoms. The van der Waals surface area contributed by atoms with E-state index in [0.717, 1.165) is 0 Å². The summed E-state index contributed by atoms with van der Waals surface area (Å²) in [6.45, 7) is -3.81. The van der Waals surface area contributed by atoms with E-state index in [1.807, 2.05) is 0 Å². The van der Waals surface area contributed by atoms with Gasteiger partial charge in [0.1, 0.15) is 0 Å². The van der Waals surface area contributed by atoms with E-state index in [1.54, 1.807) is 0 Å². The Labute approximate surface area is 91.8 Å². The summed E-state index contributed by atoms with van der Waals surface area (Å²) in [5.74, 6) is 0. The summed E-state index contributed by atoms with van der Waals surface area (Å²) in [7, 11) is 0. The van der Waals surface area contributed by atoms with Gasteiger partial charge in [0.2, 0.25) is 0 Å². The second-order valence-electron chi connectivity index (χ2n) is 0.513. The van der Waals surface area contributed by atoms with Crippen LogP contribution >= 0.6 is 6.72 Å². The summed E-state index contributed by atoms with van der Waals surface area (Å²) in [5, 5.41) is 0. The molecule has 0 aromatic carbocycles. The molecule has 3 nitrogen and oxygen atoms in total. The topological polar surface area (TPSA) is 60.7 Å². The van der Waals surface area contributed by atoms with Crippen LogP contribution in [0.3, 0.4) is 0 Å². The summed E-state index contributed by atoms with van der Waals surface area (Å²) in [6, 6.07) is 0. The van der Waals surface area contributed by atoms with Crippen LogP contribution < -0.4 is 18.9 Å². The van der Waals surface area contributed by atoms with Crippen LogP contribution in [-0.4, -0.2) is 32.0 Å². The van der Waals surface area contributed by atoms with E-state index in [9.17, 15) is 0 Å². The van der Waals surface area contributed by atoms with Crippen LogP contribution in [-0.2, 0) is 33.5 Å². The monoisotopic (exact) mass is 200 g/mol. The van der Waals surface area contributed by atoms with Crippen molar-refractivity contribution in [3.05, 3.63) is 0 Å². The van der Waals surface area contributed by atoms with Crippen molar-refractivity contribution >= 4 is 35.9 Å². The molecular formula is H7AlLiO3PSTi. The fourth-order valence-corrected chi connectivity index (χ4v) is 0. The minimum atomic E-state index is -3.81. The van der Waals surface area contributed by atoms with Crippen molar-refractivity contribution in [3.63, 3.8) is 0 Å². The van der Waals surface area contributed by atoms with Crippen molar-refractivity contribution in [3.8, 4) is 0 Å². The Hall–Kier alpha value is 2.37. The van der Waals surface area contributed by atoms with E-state index >= 15 is 0 Å². The molecule has 3 N–H and O–H groups in total. The molecule has 8 heteroatoms. The molecule has 0 radical (unpaired) electrons. The smallest absolute Gasteiger partial charge is 1.00 e. The van der Waals surface area contributed by atoms with Crippen LogP contribution in [0.4, 0.5) is 0 Å². The Morgan fingerprint density at radius 2 is 1.25 bits per heavy atom. The molecule has 44 valence electrons. The molecule has 0 bridgehead atoms. The van der Waals surface area contributed by atoms with Gasteiger partial charge in [-0.05, 0) is 11.8 Å². The second-order valence-corrected chi connectivity index (χ2v) is 3.01. The molecule has 0 spiro atoms. The summed E-state index contributed by atoms with van der Waals surface area (Å²) in [6.07, 6.45) is 0. The third kappa shape index (κ3) is 80.8. The first kappa shape index (κ1) is 22.4. The van der Waals surface area contributed by atoms with Crippen LogP contribution in [0.2, 0.25) is 0 Å². The fraction of sp³-hybridized carbons (Fsp3) is 0. The molecule has 0 saturated carbocycles. The van der Waals surface area contributed by atoms with E-state index in [4.69, 9.17) is 14.7 Å². The zero-order chi connectivity index (χ0) is 4.50. The van der Waals surface area contributed by atoms with E-state index < -0.39 is 6.72 Å². The number of rotatable bonds is 0. The first-order valence-electron chi connectivity index (χ1n) is 0.783. The van der Waals surface area contributed by atoms with Gasteiger partial charge in [-0.25, -0.2) is 0 Å². The molecule has 0 fully saturated rings. The first-order chi connectivity index (χ1) is 2.00. The molecule has 0 aliphatic carbocycles. The fourth-order valence-electron chi connectivity index (χ4n) is 0. The van der Waals surface area contributed by atoms with Gasteiger partial charge in [-0.2, -0.15) is 0 Å². The molecule has 0 heterocycles. The molecule has 0 saturated heterocycles. The Morgan fingerprint density at radius 3 is 1.25 bits per heavy atom. The Kier molecular flexibility index (Phi) is 26.3. The van der Waals surface area contributed by atoms with Gasteiger partial charge in [-0.3, -0.25) is 0 Å². The minimum Gasteiger partial charge on any atom is -1.00 e. The third-order valence-corrected chi connectivity index (χ3v) is 0. The van der Waals surface area contributed by atoms with Gasteiger partial charge in [0, 0.05) is 21.7 Å². The maximum atomic E-state index is 7.56. The predicted octanol–water partition coefficient (Wildman–Crippen LogP) is -4.88. The average molecular weight is 200 g/mol. The first-order valence-corrected chi connectivity index (χ1v) is 3.44. The predicted molar refractivity (Wildman–Crippen MR) is 32.0 cm³/mol. The van der Waals surface area contributed by atoms with Gasteiger partial charge in [-0.15, -0.1) is 0 Å². The van der Waals surface area contributed by atoms with Gasteiger partial charge in [0.15, 0.2) is 17.4 Å². The van der Waals surface area contributed by atoms with Crippen molar-refractivity contribution in [2.24, 2.45) is 0 Å². The average Bonchev–Trinajstić information content (AvgIpc) is 0.722. The third-order valence-electron chi connectivity index (χ3n) is 0. The van der Waals surface area contributed by atoms with Crippen molar-refractivity contribution in [1.82, 2.24) is 0 Å². The van der Waals surface area contributed by atoms with Crippen molar-refractivity contribution in [1.29, 1.82) is 0 Å². The molecule has 0 atom stereocenters. The van der Waals surface area contributed by atoms with Crippen LogP contribution in [0.1, 0.15) is 1.43 Å². The van der Waals surface area contributed by atoms with E-state index in [1.165, 1.54) is 0 Å². The van der Waals surface area contributed by atoms with Gasteiger partial charge < -0.3 is 16.1 Å². The molecule has 0 rings (SSSR count). The normalized spacial score (nSPS) is 7.38. The van der Waals surface area contributed by atoms with Gasteiger partial charge in [0.05, 0.1) is 0 Å². The molecule has 0 amide bonds. The molecule has 0 aliphatic rings. The van der Waals surface area contributed by atoms with E-state index in [-0.39, 0.29) is 59.4 Å². The molecule has 0 unspecified atom stereocenters. The largest absolute Gasteiger partial charge is 1.00 e. The van der Waals surface area contributed by atoms with Gasteiger partial charge in [-0.1, -0.05) is 0 Å². The van der Waals surface area contributed by atoms with Crippen LogP contribution in [0, 0.1) is 0 Å². The summed E-state index contributed by atoms with van der Waals surface area (Å²) >= 11 is 3.60. The van der Waals surface area contributed by atoms with Gasteiger partial charge >= 0.3 is 25.6 Å². The maximum absolute atomic E-state index is 7.56. The molecule has 0 aromatic rings. The molecule has 0 aromatic heterocycles. The zero-order valence-electron chi connectivity index (χ0n) is 4.70. The number of hydrogen-bond donors (Lipinski definition) is 3. The summed E-state index contributed by atoms with van der Waals surface area (Å²) < 4.78 is 0. The van der Waals surface area contributed by atoms with Crippen LogP contribution in [0.25, 0.3) is 0 Å². The summed E-state index contributed by atoms with van der Waals surface area (Å²) in [5.41, 5.74) is 0. The Balaban J connectivity index is -0.0000000133. The van der Waals surface area contributed by atoms with Gasteiger partial charge in [0.25, 0.3) is 0 Å². The van der Waals surface area contributed by atoms with Crippen molar-refractivity contribution in [2.75, 3.05) is 0 Å². The van der Waals surface area contributed by atoms with Crippen LogP contribution in [0.5, 0.6) is 0 Å². The summed E-state index contributed by atoms with van der Waals surface area (Å²) in [4.78, 5) is 22.7. The Bertz CT molecular complexity index is 69.9. The molecule has 0 aliphatic heterocycles. The number of hydrogen-bond acceptors (Lipinski definition) is 1. The van der Waals surface area contributed by atoms with Crippen molar-refractivity contribution < 1.29 is 56.7 Å². The standard InChI is InChI=1S/Al.Li.H3O3PS.Ti.4H/c;;1-4(2,3)5;;;;;/h;;(H3,1,2,3,5);;;;;/q;+1;;;;;;-1. The maximum Gasteiger partial charge on any atom is 1.00 e. The van der Waals surface area contributed by atoms with E-state index in [2.05, 4.69) is 11.8 Å². The Morgan fingerprint density at radius 1 is 1.25 bits per heavy atom. The van der Waals surface area contributed by atoms with Crippen molar-refractivity contribution in [2.45, 2.75) is 0 Å². The minimum absolute atomic E-state index is 0. The van der Waals surface area contributed by atoms with E-state index in [0.29, 0.717) is 0 Å². The van der Waals surface area contributed by atoms with Crippen LogP contribution in [0.15, 0.2) is 0 Å². The zero-order valence-corrected chi connectivity index (χ0v) is 6.97. The SMILES string of the molecule is OP(O)(O)=S.[AlH3].[H-].[Li+].[Ti]. The quantitative estimate of drug-likeness (QED) is 0.271. The second kappa shape index (κ2) is 9.37.